The van der Waals surface area contributed by atoms with Gasteiger partial charge in [0.05, 0.1) is 0 Å². The molecule has 0 saturated carbocycles. The summed E-state index contributed by atoms with van der Waals surface area (Å²) in [6.07, 6.45) is 1.75. The minimum Gasteiger partial charge on any atom is -0.466 e. The predicted molar refractivity (Wildman–Crippen MR) is 62.3 cm³/mol. The van der Waals surface area contributed by atoms with E-state index < -0.39 is 0 Å². The molecule has 0 bridgehead atoms. The molecular formula is C12H15N3O. The largest absolute Gasteiger partial charge is 0.466 e. The molecule has 16 heavy (non-hydrogen) atoms. The van der Waals surface area contributed by atoms with E-state index in [0.717, 1.165) is 22.8 Å². The van der Waals surface area contributed by atoms with Crippen LogP contribution in [0.3, 0.4) is 0 Å². The van der Waals surface area contributed by atoms with Crippen LogP contribution in [0, 0.1) is 20.8 Å². The van der Waals surface area contributed by atoms with Crippen LogP contribution in [0.15, 0.2) is 22.7 Å². The Morgan fingerprint density at radius 1 is 1.31 bits per heavy atom. The summed E-state index contributed by atoms with van der Waals surface area (Å²) in [5.41, 5.74) is 2.10. The van der Waals surface area contributed by atoms with Gasteiger partial charge in [0.25, 0.3) is 0 Å². The molecule has 2 aromatic heterocycles. The van der Waals surface area contributed by atoms with Crippen LogP contribution in [0.4, 0.5) is 5.95 Å². The molecule has 0 aliphatic rings. The minimum absolute atomic E-state index is 0.651. The van der Waals surface area contributed by atoms with Gasteiger partial charge >= 0.3 is 0 Å². The van der Waals surface area contributed by atoms with Gasteiger partial charge in [0.1, 0.15) is 11.5 Å². The molecule has 2 heterocycles. The van der Waals surface area contributed by atoms with Crippen LogP contribution in [-0.2, 0) is 6.54 Å². The lowest BCUT2D eigenvalue weighted by Gasteiger charge is -2.03. The van der Waals surface area contributed by atoms with E-state index in [1.807, 2.05) is 32.9 Å². The van der Waals surface area contributed by atoms with Crippen molar-refractivity contribution in [2.45, 2.75) is 27.3 Å². The number of hydrogen-bond acceptors (Lipinski definition) is 4. The van der Waals surface area contributed by atoms with E-state index in [-0.39, 0.29) is 0 Å². The first-order chi connectivity index (χ1) is 7.65. The molecule has 4 heteroatoms. The summed E-state index contributed by atoms with van der Waals surface area (Å²) in [5, 5.41) is 3.17. The molecule has 2 rings (SSSR count). The van der Waals surface area contributed by atoms with Crippen molar-refractivity contribution in [3.05, 3.63) is 41.1 Å². The van der Waals surface area contributed by atoms with E-state index in [0.29, 0.717) is 12.5 Å². The third kappa shape index (κ3) is 2.39. The van der Waals surface area contributed by atoms with Crippen molar-refractivity contribution in [3.8, 4) is 0 Å². The maximum Gasteiger partial charge on any atom is 0.223 e. The number of nitrogens with one attached hydrogen (secondary N) is 1. The Kier molecular flexibility index (Phi) is 2.90. The highest BCUT2D eigenvalue weighted by Crippen LogP contribution is 2.14. The van der Waals surface area contributed by atoms with Gasteiger partial charge in [0.15, 0.2) is 0 Å². The van der Waals surface area contributed by atoms with E-state index in [1.54, 1.807) is 6.20 Å². The lowest BCUT2D eigenvalue weighted by Crippen LogP contribution is -2.03. The van der Waals surface area contributed by atoms with Crippen molar-refractivity contribution in [1.29, 1.82) is 0 Å². The van der Waals surface area contributed by atoms with E-state index in [4.69, 9.17) is 4.42 Å². The molecule has 0 atom stereocenters. The lowest BCUT2D eigenvalue weighted by molar-refractivity contribution is 0.501. The molecule has 0 aliphatic carbocycles. The van der Waals surface area contributed by atoms with Crippen molar-refractivity contribution in [2.75, 3.05) is 5.32 Å². The maximum atomic E-state index is 5.45. The van der Waals surface area contributed by atoms with Gasteiger partial charge in [-0.05, 0) is 32.9 Å². The number of anilines is 1. The SMILES string of the molecule is Cc1ccnc(NCc2cc(C)oc2C)n1. The maximum absolute atomic E-state index is 5.45. The first-order valence-corrected chi connectivity index (χ1v) is 5.24. The van der Waals surface area contributed by atoms with Crippen LogP contribution in [0.1, 0.15) is 22.8 Å². The number of aromatic nitrogens is 2. The van der Waals surface area contributed by atoms with Gasteiger partial charge in [0.2, 0.25) is 5.95 Å². The summed E-state index contributed by atoms with van der Waals surface area (Å²) in [6, 6.07) is 3.90. The topological polar surface area (TPSA) is 51.0 Å². The van der Waals surface area contributed by atoms with Crippen LogP contribution in [0.25, 0.3) is 0 Å². The third-order valence-electron chi connectivity index (χ3n) is 2.38. The van der Waals surface area contributed by atoms with Gasteiger partial charge in [0, 0.05) is 24.0 Å². The van der Waals surface area contributed by atoms with Crippen molar-refractivity contribution < 1.29 is 4.42 Å². The molecule has 0 aliphatic heterocycles. The van der Waals surface area contributed by atoms with E-state index in [9.17, 15) is 0 Å². The van der Waals surface area contributed by atoms with Gasteiger partial charge in [-0.1, -0.05) is 0 Å². The summed E-state index contributed by atoms with van der Waals surface area (Å²) in [5.74, 6) is 2.52. The van der Waals surface area contributed by atoms with Crippen LogP contribution >= 0.6 is 0 Å². The average Bonchev–Trinajstić information content (AvgIpc) is 2.54. The first kappa shape index (κ1) is 10.7. The molecule has 4 nitrogen and oxygen atoms in total. The lowest BCUT2D eigenvalue weighted by atomic mass is 10.2. The Balaban J connectivity index is 2.05. The molecule has 0 fully saturated rings. The second-order valence-electron chi connectivity index (χ2n) is 3.81. The molecule has 0 amide bonds. The van der Waals surface area contributed by atoms with Crippen LogP contribution in [0.2, 0.25) is 0 Å². The smallest absolute Gasteiger partial charge is 0.223 e. The van der Waals surface area contributed by atoms with Crippen LogP contribution in [-0.4, -0.2) is 9.97 Å². The predicted octanol–water partition coefficient (Wildman–Crippen LogP) is 2.61. The zero-order chi connectivity index (χ0) is 11.5. The summed E-state index contributed by atoms with van der Waals surface area (Å²) in [7, 11) is 0. The summed E-state index contributed by atoms with van der Waals surface area (Å²) in [6.45, 7) is 6.54. The Morgan fingerprint density at radius 2 is 2.12 bits per heavy atom. The highest BCUT2D eigenvalue weighted by atomic mass is 16.3. The van der Waals surface area contributed by atoms with Crippen molar-refractivity contribution >= 4 is 5.95 Å². The highest BCUT2D eigenvalue weighted by molar-refractivity contribution is 5.29. The molecule has 0 spiro atoms. The third-order valence-corrected chi connectivity index (χ3v) is 2.38. The van der Waals surface area contributed by atoms with Gasteiger partial charge in [-0.2, -0.15) is 0 Å². The summed E-state index contributed by atoms with van der Waals surface area (Å²) >= 11 is 0. The average molecular weight is 217 g/mol. The number of hydrogen-bond donors (Lipinski definition) is 1. The number of aryl methyl sites for hydroxylation is 3. The van der Waals surface area contributed by atoms with Crippen molar-refractivity contribution in [2.24, 2.45) is 0 Å². The van der Waals surface area contributed by atoms with Gasteiger partial charge in [-0.25, -0.2) is 9.97 Å². The Morgan fingerprint density at radius 3 is 2.75 bits per heavy atom. The monoisotopic (exact) mass is 217 g/mol. The van der Waals surface area contributed by atoms with Crippen LogP contribution in [0.5, 0.6) is 0 Å². The van der Waals surface area contributed by atoms with E-state index in [2.05, 4.69) is 15.3 Å². The number of rotatable bonds is 3. The molecule has 0 radical (unpaired) electrons. The number of furan rings is 1. The fourth-order valence-electron chi connectivity index (χ4n) is 1.57. The molecule has 2 aromatic rings. The van der Waals surface area contributed by atoms with E-state index in [1.165, 1.54) is 0 Å². The normalized spacial score (nSPS) is 10.4. The zero-order valence-corrected chi connectivity index (χ0v) is 9.74. The Bertz CT molecular complexity index is 491. The second-order valence-corrected chi connectivity index (χ2v) is 3.81. The molecule has 0 saturated heterocycles. The Hall–Kier alpha value is -1.84. The number of nitrogens with zero attached hydrogens (tertiary/aromatic N) is 2. The van der Waals surface area contributed by atoms with Crippen LogP contribution < -0.4 is 5.32 Å². The molecule has 0 aromatic carbocycles. The minimum atomic E-state index is 0.651. The van der Waals surface area contributed by atoms with E-state index >= 15 is 0 Å². The first-order valence-electron chi connectivity index (χ1n) is 5.24. The highest BCUT2D eigenvalue weighted by Gasteiger charge is 2.04. The van der Waals surface area contributed by atoms with Gasteiger partial charge in [-0.3, -0.25) is 0 Å². The molecule has 0 unspecified atom stereocenters. The molecule has 84 valence electrons. The standard InChI is InChI=1S/C12H15N3O/c1-8-4-5-13-12(15-8)14-7-11-6-9(2)16-10(11)3/h4-6H,7H2,1-3H3,(H,13,14,15). The fourth-order valence-corrected chi connectivity index (χ4v) is 1.57. The fraction of sp³-hybridized carbons (Fsp3) is 0.333. The van der Waals surface area contributed by atoms with Gasteiger partial charge < -0.3 is 9.73 Å². The quantitative estimate of drug-likeness (QED) is 0.858. The molecular weight excluding hydrogens is 202 g/mol. The Labute approximate surface area is 94.7 Å². The zero-order valence-electron chi connectivity index (χ0n) is 9.74. The molecule has 1 N–H and O–H groups in total. The second kappa shape index (κ2) is 4.35. The summed E-state index contributed by atoms with van der Waals surface area (Å²) in [4.78, 5) is 8.41. The van der Waals surface area contributed by atoms with Crippen molar-refractivity contribution in [1.82, 2.24) is 9.97 Å². The van der Waals surface area contributed by atoms with Gasteiger partial charge in [-0.15, -0.1) is 0 Å². The summed E-state index contributed by atoms with van der Waals surface area (Å²) < 4.78 is 5.45. The van der Waals surface area contributed by atoms with Crippen molar-refractivity contribution in [3.63, 3.8) is 0 Å².